The summed E-state index contributed by atoms with van der Waals surface area (Å²) in [5, 5.41) is 0. The van der Waals surface area contributed by atoms with Crippen LogP contribution in [0.4, 0.5) is 0 Å². The summed E-state index contributed by atoms with van der Waals surface area (Å²) in [5.74, 6) is 1.28. The third-order valence-corrected chi connectivity index (χ3v) is 6.06. The van der Waals surface area contributed by atoms with Crippen molar-refractivity contribution in [2.24, 2.45) is 0 Å². The number of fused-ring (bicyclic) bond motifs is 1. The number of imidazole rings is 1. The van der Waals surface area contributed by atoms with Crippen molar-refractivity contribution >= 4 is 22.8 Å². The van der Waals surface area contributed by atoms with Crippen molar-refractivity contribution in [3.05, 3.63) is 30.1 Å². The average Bonchev–Trinajstić information content (AvgIpc) is 2.96. The number of aromatic amines is 1. The first kappa shape index (κ1) is 19.9. The van der Waals surface area contributed by atoms with Gasteiger partial charge in [0, 0.05) is 52.1 Å². The number of benzene rings is 1. The maximum absolute atomic E-state index is 12.6. The molecule has 0 aliphatic carbocycles. The lowest BCUT2D eigenvalue weighted by Crippen LogP contribution is -2.51. The van der Waals surface area contributed by atoms with Crippen LogP contribution >= 0.6 is 0 Å². The van der Waals surface area contributed by atoms with Gasteiger partial charge >= 0.3 is 0 Å². The molecule has 0 unspecified atom stereocenters. The second-order valence-corrected chi connectivity index (χ2v) is 8.15. The molecule has 0 atom stereocenters. The van der Waals surface area contributed by atoms with Gasteiger partial charge in [-0.2, -0.15) is 0 Å². The van der Waals surface area contributed by atoms with Gasteiger partial charge in [0.2, 0.25) is 11.8 Å². The summed E-state index contributed by atoms with van der Waals surface area (Å²) in [6.45, 7) is 5.24. The molecule has 0 radical (unpaired) electrons. The highest BCUT2D eigenvalue weighted by Gasteiger charge is 2.24. The predicted octanol–water partition coefficient (Wildman–Crippen LogP) is 2.04. The number of rotatable bonds is 5. The minimum atomic E-state index is 0.170. The highest BCUT2D eigenvalue weighted by atomic mass is 16.2. The molecule has 1 aromatic heterocycles. The largest absolute Gasteiger partial charge is 0.342 e. The molecular weight excluding hydrogens is 366 g/mol. The lowest BCUT2D eigenvalue weighted by Gasteiger charge is -2.35. The van der Waals surface area contributed by atoms with Crippen molar-refractivity contribution in [3.8, 4) is 0 Å². The molecule has 0 spiro atoms. The van der Waals surface area contributed by atoms with Gasteiger partial charge < -0.3 is 14.8 Å². The number of hydrogen-bond acceptors (Lipinski definition) is 4. The van der Waals surface area contributed by atoms with Gasteiger partial charge in [0.25, 0.3) is 0 Å². The number of H-pyrrole nitrogens is 1. The van der Waals surface area contributed by atoms with Crippen molar-refractivity contribution in [2.75, 3.05) is 45.8 Å². The van der Waals surface area contributed by atoms with E-state index in [2.05, 4.69) is 14.9 Å². The van der Waals surface area contributed by atoms with Crippen LogP contribution in [0.5, 0.6) is 0 Å². The molecule has 3 heterocycles. The number of hydrogen-bond donors (Lipinski definition) is 1. The van der Waals surface area contributed by atoms with Crippen LogP contribution in [-0.2, 0) is 16.0 Å². The highest BCUT2D eigenvalue weighted by molar-refractivity contribution is 5.79. The molecule has 0 bridgehead atoms. The second kappa shape index (κ2) is 9.39. The minimum absolute atomic E-state index is 0.170. The predicted molar refractivity (Wildman–Crippen MR) is 112 cm³/mol. The average molecular weight is 398 g/mol. The molecular formula is C22H31N5O2. The van der Waals surface area contributed by atoms with Gasteiger partial charge in [-0.1, -0.05) is 25.0 Å². The van der Waals surface area contributed by atoms with Crippen LogP contribution in [-0.4, -0.2) is 82.3 Å². The topological polar surface area (TPSA) is 72.5 Å². The lowest BCUT2D eigenvalue weighted by atomic mass is 10.2. The van der Waals surface area contributed by atoms with E-state index in [0.29, 0.717) is 32.5 Å². The molecule has 29 heavy (non-hydrogen) atoms. The summed E-state index contributed by atoms with van der Waals surface area (Å²) in [5.41, 5.74) is 1.95. The van der Waals surface area contributed by atoms with E-state index in [4.69, 9.17) is 0 Å². The van der Waals surface area contributed by atoms with Gasteiger partial charge in [-0.05, 0) is 25.0 Å². The van der Waals surface area contributed by atoms with E-state index in [-0.39, 0.29) is 11.8 Å². The van der Waals surface area contributed by atoms with E-state index in [1.165, 1.54) is 12.8 Å². The minimum Gasteiger partial charge on any atom is -0.342 e. The van der Waals surface area contributed by atoms with E-state index < -0.39 is 0 Å². The molecule has 0 saturated carbocycles. The first-order valence-corrected chi connectivity index (χ1v) is 10.9. The van der Waals surface area contributed by atoms with Gasteiger partial charge in [0.1, 0.15) is 5.82 Å². The molecule has 4 rings (SSSR count). The van der Waals surface area contributed by atoms with E-state index in [1.54, 1.807) is 0 Å². The smallest absolute Gasteiger partial charge is 0.236 e. The second-order valence-electron chi connectivity index (χ2n) is 8.15. The zero-order chi connectivity index (χ0) is 20.1. The lowest BCUT2D eigenvalue weighted by molar-refractivity contribution is -0.135. The van der Waals surface area contributed by atoms with Gasteiger partial charge in [0.15, 0.2) is 0 Å². The fraction of sp³-hybridized carbons (Fsp3) is 0.591. The molecule has 7 heteroatoms. The number of carbonyl (C=O) groups is 2. The molecule has 2 amide bonds. The highest BCUT2D eigenvalue weighted by Crippen LogP contribution is 2.13. The Bertz CT molecular complexity index is 800. The van der Waals surface area contributed by atoms with Crippen molar-refractivity contribution in [1.82, 2.24) is 24.7 Å². The Hall–Kier alpha value is -2.41. The first-order valence-electron chi connectivity index (χ1n) is 10.9. The molecule has 1 aromatic carbocycles. The standard InChI is InChI=1S/C22H31N5O2/c28-21(10-9-20-23-18-7-3-4-8-19(18)24-20)27-15-13-25(14-16-27)17-22(29)26-11-5-1-2-6-12-26/h3-4,7-8H,1-2,5-6,9-17H2,(H,23,24). The number of aryl methyl sites for hydroxylation is 1. The molecule has 2 aliphatic heterocycles. The fourth-order valence-corrected chi connectivity index (χ4v) is 4.27. The maximum Gasteiger partial charge on any atom is 0.236 e. The number of nitrogens with zero attached hydrogens (tertiary/aromatic N) is 4. The van der Waals surface area contributed by atoms with Crippen molar-refractivity contribution in [2.45, 2.75) is 38.5 Å². The van der Waals surface area contributed by atoms with Crippen LogP contribution in [0.3, 0.4) is 0 Å². The summed E-state index contributed by atoms with van der Waals surface area (Å²) < 4.78 is 0. The number of nitrogens with one attached hydrogen (secondary N) is 1. The first-order chi connectivity index (χ1) is 14.2. The molecule has 7 nitrogen and oxygen atoms in total. The SMILES string of the molecule is O=C(CCc1nc2ccccc2[nH]1)N1CCN(CC(=O)N2CCCCCC2)CC1. The molecule has 2 aromatic rings. The van der Waals surface area contributed by atoms with Crippen LogP contribution < -0.4 is 0 Å². The fourth-order valence-electron chi connectivity index (χ4n) is 4.27. The van der Waals surface area contributed by atoms with Crippen molar-refractivity contribution in [3.63, 3.8) is 0 Å². The Kier molecular flexibility index (Phi) is 6.44. The molecule has 1 N–H and O–H groups in total. The summed E-state index contributed by atoms with van der Waals surface area (Å²) in [6.07, 6.45) is 5.81. The Morgan fingerprint density at radius 3 is 2.28 bits per heavy atom. The summed E-state index contributed by atoms with van der Waals surface area (Å²) in [4.78, 5) is 39.1. The normalized spacial score (nSPS) is 18.8. The number of likely N-dealkylation sites (tertiary alicyclic amines) is 1. The van der Waals surface area contributed by atoms with E-state index in [0.717, 1.165) is 55.9 Å². The number of aromatic nitrogens is 2. The van der Waals surface area contributed by atoms with Gasteiger partial charge in [-0.3, -0.25) is 14.5 Å². The van der Waals surface area contributed by atoms with Crippen molar-refractivity contribution in [1.29, 1.82) is 0 Å². The Balaban J connectivity index is 1.20. The Morgan fingerprint density at radius 2 is 1.55 bits per heavy atom. The summed E-state index contributed by atoms with van der Waals surface area (Å²) in [6, 6.07) is 7.92. The Labute approximate surface area is 172 Å². The maximum atomic E-state index is 12.6. The van der Waals surface area contributed by atoms with Crippen LogP contribution in [0.25, 0.3) is 11.0 Å². The molecule has 2 saturated heterocycles. The van der Waals surface area contributed by atoms with E-state index in [9.17, 15) is 9.59 Å². The van der Waals surface area contributed by atoms with Crippen LogP contribution in [0.1, 0.15) is 37.9 Å². The van der Waals surface area contributed by atoms with Gasteiger partial charge in [-0.15, -0.1) is 0 Å². The molecule has 2 fully saturated rings. The zero-order valence-electron chi connectivity index (χ0n) is 17.1. The van der Waals surface area contributed by atoms with E-state index in [1.807, 2.05) is 34.1 Å². The van der Waals surface area contributed by atoms with Gasteiger partial charge in [0.05, 0.1) is 17.6 Å². The summed E-state index contributed by atoms with van der Waals surface area (Å²) in [7, 11) is 0. The monoisotopic (exact) mass is 397 g/mol. The number of amides is 2. The zero-order valence-corrected chi connectivity index (χ0v) is 17.1. The third kappa shape index (κ3) is 5.15. The van der Waals surface area contributed by atoms with Crippen molar-refractivity contribution < 1.29 is 9.59 Å². The molecule has 156 valence electrons. The number of piperazine rings is 1. The summed E-state index contributed by atoms with van der Waals surface area (Å²) >= 11 is 0. The third-order valence-electron chi connectivity index (χ3n) is 6.06. The Morgan fingerprint density at radius 1 is 0.862 bits per heavy atom. The van der Waals surface area contributed by atoms with Crippen LogP contribution in [0.15, 0.2) is 24.3 Å². The van der Waals surface area contributed by atoms with Crippen LogP contribution in [0, 0.1) is 0 Å². The number of para-hydroxylation sites is 2. The quantitative estimate of drug-likeness (QED) is 0.838. The van der Waals surface area contributed by atoms with Gasteiger partial charge in [-0.25, -0.2) is 4.98 Å². The van der Waals surface area contributed by atoms with E-state index >= 15 is 0 Å². The molecule has 2 aliphatic rings. The number of carbonyl (C=O) groups excluding carboxylic acids is 2. The van der Waals surface area contributed by atoms with Crippen LogP contribution in [0.2, 0.25) is 0 Å².